The van der Waals surface area contributed by atoms with Gasteiger partial charge in [0.1, 0.15) is 6.33 Å². The minimum Gasteiger partial charge on any atom is -0.349 e. The molecular formula is C14H14N6O2S. The topological polar surface area (TPSA) is 101 Å². The van der Waals surface area contributed by atoms with Gasteiger partial charge in [-0.2, -0.15) is 4.52 Å². The fraction of sp³-hybridized carbons (Fsp3) is 0.214. The second-order valence-electron chi connectivity index (χ2n) is 4.88. The lowest BCUT2D eigenvalue weighted by atomic mass is 10.0. The molecule has 0 aliphatic carbocycles. The molecule has 0 aliphatic heterocycles. The van der Waals surface area contributed by atoms with Gasteiger partial charge < -0.3 is 10.6 Å². The summed E-state index contributed by atoms with van der Waals surface area (Å²) in [6.07, 6.45) is 1.58. The van der Waals surface area contributed by atoms with Crippen LogP contribution < -0.4 is 10.6 Å². The Kier molecular flexibility index (Phi) is 4.29. The van der Waals surface area contributed by atoms with Gasteiger partial charge in [-0.1, -0.05) is 41.7 Å². The first-order valence-corrected chi connectivity index (χ1v) is 7.72. The highest BCUT2D eigenvalue weighted by Crippen LogP contribution is 2.20. The third-order valence-electron chi connectivity index (χ3n) is 3.10. The zero-order chi connectivity index (χ0) is 16.2. The third kappa shape index (κ3) is 3.69. The normalized spacial score (nSPS) is 12.0. The van der Waals surface area contributed by atoms with E-state index in [1.807, 2.05) is 30.3 Å². The van der Waals surface area contributed by atoms with Crippen molar-refractivity contribution in [3.63, 3.8) is 0 Å². The maximum Gasteiger partial charge on any atom is 0.236 e. The van der Waals surface area contributed by atoms with E-state index in [1.165, 1.54) is 29.1 Å². The lowest BCUT2D eigenvalue weighted by Crippen LogP contribution is -2.29. The minimum atomic E-state index is -0.389. The maximum atomic E-state index is 12.2. The van der Waals surface area contributed by atoms with E-state index in [4.69, 9.17) is 0 Å². The average Bonchev–Trinajstić information content (AvgIpc) is 3.08. The van der Waals surface area contributed by atoms with E-state index in [0.29, 0.717) is 10.1 Å². The van der Waals surface area contributed by atoms with Gasteiger partial charge in [0.2, 0.25) is 21.9 Å². The Morgan fingerprint density at radius 1 is 1.30 bits per heavy atom. The Bertz CT molecular complexity index is 800. The van der Waals surface area contributed by atoms with Gasteiger partial charge in [-0.25, -0.2) is 0 Å². The van der Waals surface area contributed by atoms with Gasteiger partial charge in [-0.15, -0.1) is 15.3 Å². The summed E-state index contributed by atoms with van der Waals surface area (Å²) in [5.74, 6) is -0.428. The first-order chi connectivity index (χ1) is 11.1. The molecule has 0 bridgehead atoms. The zero-order valence-electron chi connectivity index (χ0n) is 12.3. The van der Waals surface area contributed by atoms with Crippen LogP contribution in [0, 0.1) is 0 Å². The van der Waals surface area contributed by atoms with Gasteiger partial charge in [0.05, 0.1) is 12.5 Å². The summed E-state index contributed by atoms with van der Waals surface area (Å²) < 4.78 is 1.49. The molecule has 1 atom stereocenters. The molecule has 0 unspecified atom stereocenters. The van der Waals surface area contributed by atoms with Gasteiger partial charge >= 0.3 is 0 Å². The second-order valence-corrected chi connectivity index (χ2v) is 5.84. The highest BCUT2D eigenvalue weighted by molar-refractivity contribution is 7.20. The largest absolute Gasteiger partial charge is 0.349 e. The number of carbonyl (C=O) groups is 2. The standard InChI is InChI=1S/C14H14N6O2S/c1-9(21)16-11(10-5-3-2-4-6-10)7-12(22)17-13-19-20-8-15-18-14(20)23-13/h2-6,8,11H,7H2,1H3,(H,16,21)(H,17,19,22)/t11-/m1/s1. The van der Waals surface area contributed by atoms with Gasteiger partial charge in [-0.05, 0) is 5.56 Å². The molecule has 3 rings (SSSR count). The quantitative estimate of drug-likeness (QED) is 0.736. The summed E-state index contributed by atoms with van der Waals surface area (Å²) in [6.45, 7) is 1.43. The van der Waals surface area contributed by atoms with Crippen LogP contribution in [0.4, 0.5) is 5.13 Å². The van der Waals surface area contributed by atoms with Crippen LogP contribution in [-0.2, 0) is 9.59 Å². The number of nitrogens with zero attached hydrogens (tertiary/aromatic N) is 4. The van der Waals surface area contributed by atoms with E-state index < -0.39 is 0 Å². The molecule has 2 amide bonds. The zero-order valence-corrected chi connectivity index (χ0v) is 13.1. The number of anilines is 1. The summed E-state index contributed by atoms with van der Waals surface area (Å²) in [5, 5.41) is 17.7. The predicted molar refractivity (Wildman–Crippen MR) is 84.9 cm³/mol. The van der Waals surface area contributed by atoms with Gasteiger partial charge in [0, 0.05) is 6.92 Å². The van der Waals surface area contributed by atoms with Crippen molar-refractivity contribution >= 4 is 33.2 Å². The van der Waals surface area contributed by atoms with Crippen molar-refractivity contribution in [2.24, 2.45) is 0 Å². The fourth-order valence-corrected chi connectivity index (χ4v) is 2.89. The number of aromatic nitrogens is 4. The van der Waals surface area contributed by atoms with Gasteiger partial charge in [-0.3, -0.25) is 9.59 Å². The Labute approximate surface area is 135 Å². The second kappa shape index (κ2) is 6.53. The molecule has 0 spiro atoms. The van der Waals surface area contributed by atoms with Gasteiger partial charge in [0.25, 0.3) is 0 Å². The minimum absolute atomic E-state index is 0.115. The highest BCUT2D eigenvalue weighted by atomic mass is 32.1. The monoisotopic (exact) mass is 330 g/mol. The van der Waals surface area contributed by atoms with E-state index in [2.05, 4.69) is 25.9 Å². The molecule has 2 aromatic heterocycles. The molecule has 0 saturated carbocycles. The predicted octanol–water partition coefficient (Wildman–Crippen LogP) is 1.39. The Morgan fingerprint density at radius 2 is 2.09 bits per heavy atom. The molecule has 3 aromatic rings. The summed E-state index contributed by atoms with van der Waals surface area (Å²) in [5.41, 5.74) is 0.871. The lowest BCUT2D eigenvalue weighted by Gasteiger charge is -2.17. The number of amides is 2. The maximum absolute atomic E-state index is 12.2. The van der Waals surface area contributed by atoms with Crippen LogP contribution in [0.3, 0.4) is 0 Å². The van der Waals surface area contributed by atoms with E-state index in [-0.39, 0.29) is 24.3 Å². The molecule has 0 fully saturated rings. The number of carbonyl (C=O) groups excluding carboxylic acids is 2. The van der Waals surface area contributed by atoms with E-state index in [0.717, 1.165) is 5.56 Å². The number of benzene rings is 1. The Hall–Kier alpha value is -2.81. The molecule has 8 nitrogen and oxygen atoms in total. The summed E-state index contributed by atoms with van der Waals surface area (Å²) in [6, 6.07) is 8.97. The van der Waals surface area contributed by atoms with Crippen molar-refractivity contribution in [2.75, 3.05) is 5.32 Å². The van der Waals surface area contributed by atoms with Crippen LogP contribution in [0.25, 0.3) is 4.96 Å². The third-order valence-corrected chi connectivity index (χ3v) is 3.93. The molecule has 23 heavy (non-hydrogen) atoms. The van der Waals surface area contributed by atoms with Gasteiger partial charge in [0.15, 0.2) is 0 Å². The van der Waals surface area contributed by atoms with E-state index in [1.54, 1.807) is 0 Å². The molecule has 2 N–H and O–H groups in total. The van der Waals surface area contributed by atoms with E-state index >= 15 is 0 Å². The van der Waals surface area contributed by atoms with Crippen LogP contribution in [0.1, 0.15) is 24.9 Å². The molecule has 2 heterocycles. The first kappa shape index (κ1) is 15.1. The van der Waals surface area contributed by atoms with Crippen molar-refractivity contribution in [2.45, 2.75) is 19.4 Å². The molecule has 0 aliphatic rings. The van der Waals surface area contributed by atoms with Crippen LogP contribution in [-0.4, -0.2) is 31.6 Å². The van der Waals surface area contributed by atoms with Crippen LogP contribution >= 0.6 is 11.3 Å². The molecule has 118 valence electrons. The SMILES string of the molecule is CC(=O)N[C@H](CC(=O)Nc1nn2cnnc2s1)c1ccccc1. The van der Waals surface area contributed by atoms with Crippen molar-refractivity contribution in [3.8, 4) is 0 Å². The van der Waals surface area contributed by atoms with Crippen molar-refractivity contribution in [1.29, 1.82) is 0 Å². The van der Waals surface area contributed by atoms with Crippen molar-refractivity contribution in [1.82, 2.24) is 25.1 Å². The Balaban J connectivity index is 1.70. The Morgan fingerprint density at radius 3 is 2.78 bits per heavy atom. The molecule has 0 saturated heterocycles. The summed E-state index contributed by atoms with van der Waals surface area (Å²) in [7, 11) is 0. The number of fused-ring (bicyclic) bond motifs is 1. The fourth-order valence-electron chi connectivity index (χ4n) is 2.15. The lowest BCUT2D eigenvalue weighted by molar-refractivity contribution is -0.120. The number of hydrogen-bond donors (Lipinski definition) is 2. The van der Waals surface area contributed by atoms with Crippen LogP contribution in [0.15, 0.2) is 36.7 Å². The van der Waals surface area contributed by atoms with Crippen LogP contribution in [0.5, 0.6) is 0 Å². The smallest absolute Gasteiger partial charge is 0.236 e. The highest BCUT2D eigenvalue weighted by Gasteiger charge is 2.18. The van der Waals surface area contributed by atoms with Crippen molar-refractivity contribution in [3.05, 3.63) is 42.2 Å². The van der Waals surface area contributed by atoms with Crippen LogP contribution in [0.2, 0.25) is 0 Å². The number of rotatable bonds is 5. The molecule has 9 heteroatoms. The number of hydrogen-bond acceptors (Lipinski definition) is 6. The molecule has 0 radical (unpaired) electrons. The first-order valence-electron chi connectivity index (χ1n) is 6.90. The van der Waals surface area contributed by atoms with Crippen molar-refractivity contribution < 1.29 is 9.59 Å². The molecular weight excluding hydrogens is 316 g/mol. The summed E-state index contributed by atoms with van der Waals surface area (Å²) in [4.78, 5) is 24.2. The average molecular weight is 330 g/mol. The van der Waals surface area contributed by atoms with E-state index in [9.17, 15) is 9.59 Å². The molecule has 1 aromatic carbocycles. The number of nitrogens with one attached hydrogen (secondary N) is 2. The summed E-state index contributed by atoms with van der Waals surface area (Å²) >= 11 is 1.23.